The van der Waals surface area contributed by atoms with Gasteiger partial charge in [-0.25, -0.2) is 4.99 Å². The standard InChI is InChI=1S/C21H21ClN2O2S/c1-14(2)13-24-20(25)19(11-15-7-4-5-10-18(15)26-3)27-21(24)23-17-9-6-8-16(22)12-17/h4-12,14H,13H2,1-3H3/b19-11+,23-21?. The summed E-state index contributed by atoms with van der Waals surface area (Å²) in [4.78, 5) is 20.0. The molecular weight excluding hydrogens is 380 g/mol. The van der Waals surface area contributed by atoms with E-state index in [0.29, 0.717) is 27.6 Å². The van der Waals surface area contributed by atoms with Crippen LogP contribution in [-0.4, -0.2) is 29.6 Å². The minimum Gasteiger partial charge on any atom is -0.496 e. The largest absolute Gasteiger partial charge is 0.496 e. The van der Waals surface area contributed by atoms with Gasteiger partial charge in [0.2, 0.25) is 0 Å². The fraction of sp³-hybridized carbons (Fsp3) is 0.238. The third-order valence-electron chi connectivity index (χ3n) is 3.89. The van der Waals surface area contributed by atoms with Gasteiger partial charge in [-0.2, -0.15) is 0 Å². The van der Waals surface area contributed by atoms with Crippen LogP contribution in [0.3, 0.4) is 0 Å². The molecule has 1 aliphatic rings. The normalized spacial score (nSPS) is 17.4. The van der Waals surface area contributed by atoms with Crippen molar-refractivity contribution in [2.45, 2.75) is 13.8 Å². The number of amides is 1. The van der Waals surface area contributed by atoms with Gasteiger partial charge in [0, 0.05) is 17.1 Å². The summed E-state index contributed by atoms with van der Waals surface area (Å²) in [6.45, 7) is 4.77. The monoisotopic (exact) mass is 400 g/mol. The Kier molecular flexibility index (Phi) is 6.24. The van der Waals surface area contributed by atoms with E-state index in [-0.39, 0.29) is 5.91 Å². The first-order chi connectivity index (χ1) is 13.0. The number of hydrogen-bond acceptors (Lipinski definition) is 4. The molecule has 1 heterocycles. The number of methoxy groups -OCH3 is 1. The summed E-state index contributed by atoms with van der Waals surface area (Å²) in [5.41, 5.74) is 1.59. The van der Waals surface area contributed by atoms with E-state index in [1.54, 1.807) is 24.1 Å². The van der Waals surface area contributed by atoms with Gasteiger partial charge in [0.15, 0.2) is 5.17 Å². The quantitative estimate of drug-likeness (QED) is 0.612. The Morgan fingerprint density at radius 3 is 2.70 bits per heavy atom. The van der Waals surface area contributed by atoms with E-state index < -0.39 is 0 Å². The predicted octanol–water partition coefficient (Wildman–Crippen LogP) is 5.61. The van der Waals surface area contributed by atoms with Crippen molar-refractivity contribution in [3.63, 3.8) is 0 Å². The van der Waals surface area contributed by atoms with Crippen LogP contribution in [0.25, 0.3) is 6.08 Å². The highest BCUT2D eigenvalue weighted by molar-refractivity contribution is 8.18. The fourth-order valence-corrected chi connectivity index (χ4v) is 3.88. The van der Waals surface area contributed by atoms with Gasteiger partial charge >= 0.3 is 0 Å². The topological polar surface area (TPSA) is 41.9 Å². The molecule has 1 amide bonds. The maximum atomic E-state index is 13.0. The second kappa shape index (κ2) is 8.63. The van der Waals surface area contributed by atoms with Gasteiger partial charge in [-0.05, 0) is 48.0 Å². The van der Waals surface area contributed by atoms with Crippen molar-refractivity contribution in [1.82, 2.24) is 4.90 Å². The van der Waals surface area contributed by atoms with Gasteiger partial charge in [0.1, 0.15) is 5.75 Å². The third-order valence-corrected chi connectivity index (χ3v) is 5.14. The number of halogens is 1. The van der Waals surface area contributed by atoms with Crippen molar-refractivity contribution in [1.29, 1.82) is 0 Å². The number of ether oxygens (including phenoxy) is 1. The molecule has 0 unspecified atom stereocenters. The number of para-hydroxylation sites is 1. The van der Waals surface area contributed by atoms with E-state index in [2.05, 4.69) is 18.8 Å². The minimum absolute atomic E-state index is 0.0413. The number of hydrogen-bond donors (Lipinski definition) is 0. The molecule has 0 saturated carbocycles. The second-order valence-corrected chi connectivity index (χ2v) is 7.98. The van der Waals surface area contributed by atoms with Crippen LogP contribution < -0.4 is 4.74 Å². The third kappa shape index (κ3) is 4.73. The van der Waals surface area contributed by atoms with E-state index in [9.17, 15) is 4.79 Å². The van der Waals surface area contributed by atoms with Crippen LogP contribution in [0.2, 0.25) is 5.02 Å². The van der Waals surface area contributed by atoms with Crippen molar-refractivity contribution >= 4 is 46.2 Å². The summed E-state index contributed by atoms with van der Waals surface area (Å²) in [6.07, 6.45) is 1.86. The van der Waals surface area contributed by atoms with Crippen LogP contribution in [0.15, 0.2) is 58.4 Å². The SMILES string of the molecule is COc1ccccc1/C=C1/SC(=Nc2cccc(Cl)c2)N(CC(C)C)C1=O. The summed E-state index contributed by atoms with van der Waals surface area (Å²) >= 11 is 7.44. The Hall–Kier alpha value is -2.24. The van der Waals surface area contributed by atoms with Crippen LogP contribution in [0, 0.1) is 5.92 Å². The molecular formula is C21H21ClN2O2S. The lowest BCUT2D eigenvalue weighted by Gasteiger charge is -2.17. The zero-order valence-corrected chi connectivity index (χ0v) is 17.1. The number of rotatable bonds is 5. The maximum Gasteiger partial charge on any atom is 0.266 e. The van der Waals surface area contributed by atoms with Crippen molar-refractivity contribution in [3.05, 3.63) is 64.0 Å². The Balaban J connectivity index is 1.99. The number of benzene rings is 2. The van der Waals surface area contributed by atoms with Crippen molar-refractivity contribution in [2.75, 3.05) is 13.7 Å². The molecule has 1 fully saturated rings. The van der Waals surface area contributed by atoms with Gasteiger partial charge < -0.3 is 4.74 Å². The van der Waals surface area contributed by atoms with Gasteiger partial charge in [-0.1, -0.05) is 49.7 Å². The van der Waals surface area contributed by atoms with Crippen LogP contribution in [0.4, 0.5) is 5.69 Å². The molecule has 0 spiro atoms. The molecule has 0 radical (unpaired) electrons. The number of nitrogens with zero attached hydrogens (tertiary/aromatic N) is 2. The van der Waals surface area contributed by atoms with Gasteiger partial charge in [-0.15, -0.1) is 0 Å². The first-order valence-corrected chi connectivity index (χ1v) is 9.86. The Labute approximate surface area is 168 Å². The lowest BCUT2D eigenvalue weighted by molar-refractivity contribution is -0.122. The van der Waals surface area contributed by atoms with Crippen molar-refractivity contribution in [2.24, 2.45) is 10.9 Å². The highest BCUT2D eigenvalue weighted by Gasteiger charge is 2.33. The van der Waals surface area contributed by atoms with Crippen molar-refractivity contribution in [3.8, 4) is 5.75 Å². The van der Waals surface area contributed by atoms with E-state index >= 15 is 0 Å². The average molecular weight is 401 g/mol. The number of thioether (sulfide) groups is 1. The number of amidine groups is 1. The predicted molar refractivity (Wildman–Crippen MR) is 114 cm³/mol. The number of carbonyl (C=O) groups is 1. The van der Waals surface area contributed by atoms with E-state index in [0.717, 1.165) is 17.0 Å². The van der Waals surface area contributed by atoms with Crippen LogP contribution in [0.1, 0.15) is 19.4 Å². The first kappa shape index (κ1) is 19.5. The molecule has 0 bridgehead atoms. The van der Waals surface area contributed by atoms with E-state index in [4.69, 9.17) is 16.3 Å². The maximum absolute atomic E-state index is 13.0. The molecule has 6 heteroatoms. The molecule has 0 atom stereocenters. The number of carbonyl (C=O) groups excluding carboxylic acids is 1. The molecule has 2 aromatic rings. The van der Waals surface area contributed by atoms with E-state index in [1.807, 2.05) is 42.5 Å². The molecule has 0 aromatic heterocycles. The lowest BCUT2D eigenvalue weighted by atomic mass is 10.1. The molecule has 3 rings (SSSR count). The summed E-state index contributed by atoms with van der Waals surface area (Å²) in [5, 5.41) is 1.28. The van der Waals surface area contributed by atoms with Crippen molar-refractivity contribution < 1.29 is 9.53 Å². The number of aliphatic imine (C=N–C) groups is 1. The molecule has 0 aliphatic carbocycles. The first-order valence-electron chi connectivity index (χ1n) is 8.66. The van der Waals surface area contributed by atoms with Gasteiger partial charge in [0.25, 0.3) is 5.91 Å². The van der Waals surface area contributed by atoms with Crippen LogP contribution in [0.5, 0.6) is 5.75 Å². The summed E-state index contributed by atoms with van der Waals surface area (Å²) < 4.78 is 5.39. The van der Waals surface area contributed by atoms with Crippen LogP contribution in [-0.2, 0) is 4.79 Å². The molecule has 4 nitrogen and oxygen atoms in total. The minimum atomic E-state index is -0.0413. The molecule has 2 aromatic carbocycles. The van der Waals surface area contributed by atoms with Gasteiger partial charge in [0.05, 0.1) is 17.7 Å². The zero-order valence-electron chi connectivity index (χ0n) is 15.5. The average Bonchev–Trinajstić information content (AvgIpc) is 2.90. The molecule has 27 heavy (non-hydrogen) atoms. The summed E-state index contributed by atoms with van der Waals surface area (Å²) in [7, 11) is 1.62. The highest BCUT2D eigenvalue weighted by atomic mass is 35.5. The fourth-order valence-electron chi connectivity index (χ4n) is 2.70. The Bertz CT molecular complexity index is 909. The Morgan fingerprint density at radius 2 is 2.00 bits per heavy atom. The van der Waals surface area contributed by atoms with Gasteiger partial charge in [-0.3, -0.25) is 9.69 Å². The molecule has 0 N–H and O–H groups in total. The molecule has 1 aliphatic heterocycles. The second-order valence-electron chi connectivity index (χ2n) is 6.54. The van der Waals surface area contributed by atoms with Crippen LogP contribution >= 0.6 is 23.4 Å². The Morgan fingerprint density at radius 1 is 1.22 bits per heavy atom. The lowest BCUT2D eigenvalue weighted by Crippen LogP contribution is -2.32. The summed E-state index contributed by atoms with van der Waals surface area (Å²) in [5.74, 6) is 1.01. The van der Waals surface area contributed by atoms with E-state index in [1.165, 1.54) is 11.8 Å². The molecule has 1 saturated heterocycles. The highest BCUT2D eigenvalue weighted by Crippen LogP contribution is 2.36. The summed E-state index contributed by atoms with van der Waals surface area (Å²) in [6, 6.07) is 14.9. The smallest absolute Gasteiger partial charge is 0.266 e. The zero-order chi connectivity index (χ0) is 19.4. The molecule has 140 valence electrons.